The molecule has 0 fully saturated rings. The average molecular weight is 1000 g/mol. The number of benzene rings is 8. The maximum atomic E-state index is 12.0. The Morgan fingerprint density at radius 3 is 0.583 bits per heavy atom. The smallest absolute Gasteiger partial charge is 0.208 e. The highest BCUT2D eigenvalue weighted by molar-refractivity contribution is 6.32. The first-order valence-corrected chi connectivity index (χ1v) is 19.4. The third kappa shape index (κ3) is 4.85. The van der Waals surface area contributed by atoms with E-state index < -0.39 is 248 Å². The van der Waals surface area contributed by atoms with Gasteiger partial charge in [-0.2, -0.15) is 0 Å². The molecule has 2 heterocycles. The van der Waals surface area contributed by atoms with E-state index in [1.807, 2.05) is 0 Å². The van der Waals surface area contributed by atoms with Gasteiger partial charge in [-0.1, -0.05) is 0 Å². The first kappa shape index (κ1) is 44.5. The number of furan rings is 2. The quantitative estimate of drug-likeness (QED) is 0.0619. The van der Waals surface area contributed by atoms with Crippen LogP contribution in [0.25, 0.3) is 98.8 Å². The molecule has 0 spiro atoms. The van der Waals surface area contributed by atoms with Crippen LogP contribution in [0, 0.1) is 0 Å². The van der Waals surface area contributed by atoms with Crippen LogP contribution in [0.5, 0.6) is 149 Å². The van der Waals surface area contributed by atoms with Gasteiger partial charge in [0.05, 0.1) is 32.7 Å². The minimum Gasteiger partial charge on any atom is -0.504 e. The van der Waals surface area contributed by atoms with Crippen molar-refractivity contribution in [3.8, 4) is 183 Å². The molecule has 8 aromatic carbocycles. The average Bonchev–Trinajstić information content (AvgIpc) is 3.97. The Morgan fingerprint density at radius 2 is 0.292 bits per heavy atom. The maximum Gasteiger partial charge on any atom is 0.208 e. The summed E-state index contributed by atoms with van der Waals surface area (Å²) in [6.07, 6.45) is 0. The largest absolute Gasteiger partial charge is 0.504 e. The van der Waals surface area contributed by atoms with Gasteiger partial charge in [0.25, 0.3) is 0 Å². The lowest BCUT2D eigenvalue weighted by Gasteiger charge is -2.25. The molecule has 0 saturated heterocycles. The molecule has 0 aliphatic carbocycles. The van der Waals surface area contributed by atoms with Gasteiger partial charge in [0, 0.05) is 43.8 Å². The Morgan fingerprint density at radius 1 is 0.125 bits per heavy atom. The van der Waals surface area contributed by atoms with Crippen molar-refractivity contribution in [3.63, 3.8) is 0 Å². The molecule has 28 nitrogen and oxygen atoms in total. The highest BCUT2D eigenvalue weighted by Gasteiger charge is 2.41. The molecular weight excluding hydrogens is 976 g/mol. The lowest BCUT2D eigenvalue weighted by atomic mass is 9.80. The Kier molecular flexibility index (Phi) is 8.44. The van der Waals surface area contributed by atoms with Crippen molar-refractivity contribution < 1.29 is 142 Å². The molecule has 0 radical (unpaired) electrons. The van der Waals surface area contributed by atoms with Crippen molar-refractivity contribution in [2.45, 2.75) is 0 Å². The zero-order valence-corrected chi connectivity index (χ0v) is 34.4. The lowest BCUT2D eigenvalue weighted by Crippen LogP contribution is -1.98. The highest BCUT2D eigenvalue weighted by Crippen LogP contribution is 2.70. The van der Waals surface area contributed by atoms with Crippen LogP contribution in [0.1, 0.15) is 0 Å². The summed E-state index contributed by atoms with van der Waals surface area (Å²) in [6, 6.07) is 0. The number of phenolic OH excluding ortho intramolecular Hbond substituents is 26. The second-order valence-electron chi connectivity index (χ2n) is 15.8. The molecule has 0 aliphatic rings. The molecule has 72 heavy (non-hydrogen) atoms. The molecule has 10 rings (SSSR count). The van der Waals surface area contributed by atoms with Crippen LogP contribution < -0.4 is 0 Å². The van der Waals surface area contributed by atoms with Crippen molar-refractivity contribution in [2.75, 3.05) is 0 Å². The molecule has 26 N–H and O–H groups in total. The zero-order chi connectivity index (χ0) is 52.8. The van der Waals surface area contributed by atoms with Crippen LogP contribution in [0.15, 0.2) is 8.83 Å². The second kappa shape index (κ2) is 13.7. The van der Waals surface area contributed by atoms with Gasteiger partial charge in [0.15, 0.2) is 103 Å². The Balaban J connectivity index is 1.50. The second-order valence-corrected chi connectivity index (χ2v) is 15.8. The number of phenols is 26. The number of fused-ring (bicyclic) bond motifs is 8. The first-order chi connectivity index (χ1) is 33.6. The van der Waals surface area contributed by atoms with Crippen molar-refractivity contribution in [1.82, 2.24) is 0 Å². The summed E-state index contributed by atoms with van der Waals surface area (Å²) >= 11 is 0. The molecule has 0 aliphatic heterocycles. The van der Waals surface area contributed by atoms with Gasteiger partial charge < -0.3 is 142 Å². The Bertz CT molecular complexity index is 4190. The van der Waals surface area contributed by atoms with E-state index in [0.717, 1.165) is 0 Å². The van der Waals surface area contributed by atoms with E-state index in [9.17, 15) is 133 Å². The summed E-state index contributed by atoms with van der Waals surface area (Å²) in [6.45, 7) is 0. The van der Waals surface area contributed by atoms with E-state index in [1.54, 1.807) is 0 Å². The monoisotopic (exact) mass is 1000 g/mol. The summed E-state index contributed by atoms with van der Waals surface area (Å²) in [7, 11) is 0. The Labute approximate surface area is 389 Å². The predicted molar refractivity (Wildman–Crippen MR) is 236 cm³/mol. The summed E-state index contributed by atoms with van der Waals surface area (Å²) < 4.78 is 10.8. The molecule has 10 aromatic rings. The molecule has 28 heteroatoms. The van der Waals surface area contributed by atoms with Crippen molar-refractivity contribution in [2.24, 2.45) is 0 Å². The van der Waals surface area contributed by atoms with Gasteiger partial charge in [-0.25, -0.2) is 0 Å². The molecule has 0 saturated carbocycles. The standard InChI is InChI=1S/C44H26O28/c45-15-3-1(5-8(20(50)34(64)31(61)17(5)47)10-22(52)24(54)12-14-26(56)36(66)38(68)40(70)44(14)72-42(12)28(10)58)4-7(19(49)33(63)30(60)16(4)46)2(6(3)18(48)32(62)29(15)59)9-21(51)23(53)11-13-25(55)35(65)37(67)39(69)43(13)71-41(11)27(9)57/h45-70H. The van der Waals surface area contributed by atoms with E-state index in [-0.39, 0.29) is 0 Å². The van der Waals surface area contributed by atoms with Crippen molar-refractivity contribution in [3.05, 3.63) is 0 Å². The zero-order valence-electron chi connectivity index (χ0n) is 34.4. The van der Waals surface area contributed by atoms with Gasteiger partial charge in [-0.05, 0) is 0 Å². The maximum absolute atomic E-state index is 12.0. The normalized spacial score (nSPS) is 11.9. The van der Waals surface area contributed by atoms with E-state index in [4.69, 9.17) is 8.83 Å². The van der Waals surface area contributed by atoms with Gasteiger partial charge >= 0.3 is 0 Å². The summed E-state index contributed by atoms with van der Waals surface area (Å²) in [4.78, 5) is 0. The number of hydrogen-bond acceptors (Lipinski definition) is 28. The van der Waals surface area contributed by atoms with Crippen LogP contribution in [0.2, 0.25) is 0 Å². The van der Waals surface area contributed by atoms with Crippen LogP contribution in [-0.2, 0) is 0 Å². The van der Waals surface area contributed by atoms with E-state index in [1.165, 1.54) is 0 Å². The van der Waals surface area contributed by atoms with Gasteiger partial charge in [-0.15, -0.1) is 0 Å². The highest BCUT2D eigenvalue weighted by atomic mass is 16.4. The van der Waals surface area contributed by atoms with Gasteiger partial charge in [0.1, 0.15) is 0 Å². The van der Waals surface area contributed by atoms with Gasteiger partial charge in [-0.3, -0.25) is 0 Å². The summed E-state index contributed by atoms with van der Waals surface area (Å²) in [5.41, 5.74) is -13.3. The van der Waals surface area contributed by atoms with E-state index in [2.05, 4.69) is 0 Å². The summed E-state index contributed by atoms with van der Waals surface area (Å²) in [5.74, 6) is -42.5. The van der Waals surface area contributed by atoms with E-state index >= 15 is 0 Å². The molecular formula is C44H26O28. The minimum atomic E-state index is -1.86. The summed E-state index contributed by atoms with van der Waals surface area (Å²) in [5, 5.41) is 281. The fourth-order valence-corrected chi connectivity index (χ4v) is 9.04. The molecule has 0 unspecified atom stereocenters. The fraction of sp³-hybridized carbons (Fsp3) is 0. The third-order valence-corrected chi connectivity index (χ3v) is 12.3. The fourth-order valence-electron chi connectivity index (χ4n) is 9.04. The van der Waals surface area contributed by atoms with Crippen LogP contribution in [0.3, 0.4) is 0 Å². The molecule has 2 aromatic heterocycles. The third-order valence-electron chi connectivity index (χ3n) is 12.3. The van der Waals surface area contributed by atoms with Crippen molar-refractivity contribution >= 4 is 65.4 Å². The minimum absolute atomic E-state index is 0.929. The van der Waals surface area contributed by atoms with Crippen molar-refractivity contribution in [1.29, 1.82) is 0 Å². The molecule has 0 amide bonds. The first-order valence-electron chi connectivity index (χ1n) is 19.4. The topological polar surface area (TPSA) is 552 Å². The molecule has 370 valence electrons. The molecule has 0 atom stereocenters. The van der Waals surface area contributed by atoms with Crippen LogP contribution >= 0.6 is 0 Å². The molecule has 0 bridgehead atoms. The number of rotatable bonds is 3. The van der Waals surface area contributed by atoms with Gasteiger partial charge in [0.2, 0.25) is 69.0 Å². The SMILES string of the molecule is Oc1c(O)c(O)c(-c2c3c(O)c(O)c(O)c(O)c3c(-c3c(O)c(O)c4c(oc5c(O)c(O)c(O)c(O)c54)c3O)c3c(O)c(O)c(O)c(O)c23)c(-c2c(O)c(O)c3c(oc4c(O)c(O)c(O)c(O)c43)c2O)c1O. The lowest BCUT2D eigenvalue weighted by molar-refractivity contribution is 0.347. The van der Waals surface area contributed by atoms with Crippen LogP contribution in [0.4, 0.5) is 0 Å². The van der Waals surface area contributed by atoms with Crippen LogP contribution in [-0.4, -0.2) is 133 Å². The number of hydrogen-bond donors (Lipinski definition) is 26. The predicted octanol–water partition coefficient (Wildman–Crippen LogP) is 5.14. The van der Waals surface area contributed by atoms with E-state index in [0.29, 0.717) is 0 Å². The Hall–Kier alpha value is -11.3. The number of aromatic hydroxyl groups is 26.